The van der Waals surface area contributed by atoms with E-state index in [-0.39, 0.29) is 37.2 Å². The van der Waals surface area contributed by atoms with Crippen molar-refractivity contribution in [3.05, 3.63) is 0 Å². The minimum absolute atomic E-state index is 0.000896. The van der Waals surface area contributed by atoms with Gasteiger partial charge in [-0.2, -0.15) is 0 Å². The van der Waals surface area contributed by atoms with Crippen molar-refractivity contribution in [2.24, 2.45) is 5.92 Å². The largest absolute Gasteiger partial charge is 0.396 e. The summed E-state index contributed by atoms with van der Waals surface area (Å²) in [5.41, 5.74) is 0. The van der Waals surface area contributed by atoms with E-state index in [0.29, 0.717) is 12.6 Å². The van der Waals surface area contributed by atoms with Gasteiger partial charge in [-0.25, -0.2) is 0 Å². The summed E-state index contributed by atoms with van der Waals surface area (Å²) in [6.45, 7) is 1.55. The fraction of sp³-hybridized carbons (Fsp3) is 0.867. The number of aliphatic hydroxyl groups excluding tert-OH is 1. The summed E-state index contributed by atoms with van der Waals surface area (Å²) in [4.78, 5) is 25.6. The van der Waals surface area contributed by atoms with Crippen LogP contribution in [-0.4, -0.2) is 47.6 Å². The van der Waals surface area contributed by atoms with Crippen molar-refractivity contribution >= 4 is 11.8 Å². The number of likely N-dealkylation sites (tertiary alicyclic amines) is 1. The van der Waals surface area contributed by atoms with E-state index in [9.17, 15) is 9.59 Å². The van der Waals surface area contributed by atoms with Gasteiger partial charge in [0.2, 0.25) is 11.8 Å². The van der Waals surface area contributed by atoms with E-state index in [2.05, 4.69) is 5.32 Å². The highest BCUT2D eigenvalue weighted by molar-refractivity contribution is 5.84. The predicted molar refractivity (Wildman–Crippen MR) is 76.0 cm³/mol. The third kappa shape index (κ3) is 4.47. The van der Waals surface area contributed by atoms with Gasteiger partial charge in [-0.3, -0.25) is 9.59 Å². The molecule has 1 heterocycles. The summed E-state index contributed by atoms with van der Waals surface area (Å²) >= 11 is 0. The van der Waals surface area contributed by atoms with Crippen LogP contribution < -0.4 is 5.32 Å². The van der Waals surface area contributed by atoms with Gasteiger partial charge in [0.15, 0.2) is 0 Å². The number of rotatable bonds is 5. The van der Waals surface area contributed by atoms with Crippen LogP contribution in [0.4, 0.5) is 0 Å². The Labute approximate surface area is 120 Å². The molecule has 2 N–H and O–H groups in total. The van der Waals surface area contributed by atoms with E-state index >= 15 is 0 Å². The normalized spacial score (nSPS) is 23.9. The number of aliphatic hydroxyl groups is 1. The first-order chi connectivity index (χ1) is 9.69. The van der Waals surface area contributed by atoms with Crippen molar-refractivity contribution in [1.29, 1.82) is 0 Å². The third-order valence-corrected chi connectivity index (χ3v) is 4.42. The van der Waals surface area contributed by atoms with Crippen molar-refractivity contribution in [1.82, 2.24) is 10.2 Å². The van der Waals surface area contributed by atoms with Crippen molar-refractivity contribution in [2.45, 2.75) is 57.4 Å². The lowest BCUT2D eigenvalue weighted by Crippen LogP contribution is -2.41. The van der Waals surface area contributed by atoms with Crippen LogP contribution in [0.5, 0.6) is 0 Å². The van der Waals surface area contributed by atoms with Gasteiger partial charge < -0.3 is 15.3 Å². The van der Waals surface area contributed by atoms with E-state index in [1.54, 1.807) is 4.90 Å². The van der Waals surface area contributed by atoms with E-state index in [1.807, 2.05) is 0 Å². The Morgan fingerprint density at radius 2 is 1.85 bits per heavy atom. The molecule has 0 aromatic rings. The van der Waals surface area contributed by atoms with Crippen LogP contribution in [0.15, 0.2) is 0 Å². The molecule has 5 nitrogen and oxygen atoms in total. The zero-order valence-electron chi connectivity index (χ0n) is 12.1. The van der Waals surface area contributed by atoms with Crippen LogP contribution in [0.25, 0.3) is 0 Å². The zero-order valence-corrected chi connectivity index (χ0v) is 12.1. The Kier molecular flexibility index (Phi) is 5.83. The minimum Gasteiger partial charge on any atom is -0.396 e. The third-order valence-electron chi connectivity index (χ3n) is 4.42. The van der Waals surface area contributed by atoms with Crippen LogP contribution in [-0.2, 0) is 9.59 Å². The quantitative estimate of drug-likeness (QED) is 0.792. The molecule has 1 unspecified atom stereocenters. The molecule has 1 atom stereocenters. The van der Waals surface area contributed by atoms with Crippen LogP contribution >= 0.6 is 0 Å². The Morgan fingerprint density at radius 1 is 1.10 bits per heavy atom. The van der Waals surface area contributed by atoms with Gasteiger partial charge in [0.05, 0.1) is 0 Å². The average molecular weight is 282 g/mol. The summed E-state index contributed by atoms with van der Waals surface area (Å²) in [7, 11) is 0. The highest BCUT2D eigenvalue weighted by atomic mass is 16.3. The lowest BCUT2D eigenvalue weighted by molar-refractivity contribution is -0.135. The number of amides is 2. The van der Waals surface area contributed by atoms with Gasteiger partial charge in [-0.1, -0.05) is 12.8 Å². The molecular formula is C15H26N2O3. The number of hydrogen-bond donors (Lipinski definition) is 2. The second-order valence-electron chi connectivity index (χ2n) is 6.08. The molecule has 1 aliphatic carbocycles. The van der Waals surface area contributed by atoms with Crippen LogP contribution in [0.3, 0.4) is 0 Å². The molecule has 2 fully saturated rings. The summed E-state index contributed by atoms with van der Waals surface area (Å²) in [6.07, 6.45) is 7.05. The fourth-order valence-electron chi connectivity index (χ4n) is 3.19. The van der Waals surface area contributed by atoms with Crippen LogP contribution in [0.2, 0.25) is 0 Å². The summed E-state index contributed by atoms with van der Waals surface area (Å²) < 4.78 is 0. The van der Waals surface area contributed by atoms with Gasteiger partial charge in [0, 0.05) is 38.6 Å². The molecule has 0 spiro atoms. The number of piperidine rings is 1. The Morgan fingerprint density at radius 3 is 2.55 bits per heavy atom. The molecule has 2 aliphatic rings. The second-order valence-corrected chi connectivity index (χ2v) is 6.08. The van der Waals surface area contributed by atoms with E-state index in [0.717, 1.165) is 32.2 Å². The standard InChI is InChI=1S/C15H26N2O3/c18-11-12-4-3-9-17(10-12)15(20)8-7-14(19)16-13-5-1-2-6-13/h12-13,18H,1-11H2,(H,16,19). The predicted octanol–water partition coefficient (Wildman–Crippen LogP) is 1.06. The van der Waals surface area contributed by atoms with Crippen LogP contribution in [0, 0.1) is 5.92 Å². The number of carbonyl (C=O) groups is 2. The van der Waals surface area contributed by atoms with E-state index in [4.69, 9.17) is 5.11 Å². The van der Waals surface area contributed by atoms with Crippen molar-refractivity contribution in [3.8, 4) is 0 Å². The first-order valence-corrected chi connectivity index (χ1v) is 7.87. The topological polar surface area (TPSA) is 69.6 Å². The van der Waals surface area contributed by atoms with Crippen molar-refractivity contribution < 1.29 is 14.7 Å². The maximum absolute atomic E-state index is 12.1. The molecule has 2 amide bonds. The summed E-state index contributed by atoms with van der Waals surface area (Å²) in [6, 6.07) is 0.325. The van der Waals surface area contributed by atoms with Crippen LogP contribution in [0.1, 0.15) is 51.4 Å². The molecule has 1 saturated heterocycles. The monoisotopic (exact) mass is 282 g/mol. The molecular weight excluding hydrogens is 256 g/mol. The van der Waals surface area contributed by atoms with Gasteiger partial charge in [0.1, 0.15) is 0 Å². The van der Waals surface area contributed by atoms with Crippen molar-refractivity contribution in [2.75, 3.05) is 19.7 Å². The van der Waals surface area contributed by atoms with Gasteiger partial charge in [-0.05, 0) is 31.6 Å². The van der Waals surface area contributed by atoms with Gasteiger partial charge in [0.25, 0.3) is 0 Å². The molecule has 1 saturated carbocycles. The van der Waals surface area contributed by atoms with E-state index in [1.165, 1.54) is 12.8 Å². The molecule has 0 bridgehead atoms. The Bertz CT molecular complexity index is 340. The number of hydrogen-bond acceptors (Lipinski definition) is 3. The zero-order chi connectivity index (χ0) is 14.4. The fourth-order valence-corrected chi connectivity index (χ4v) is 3.19. The maximum Gasteiger partial charge on any atom is 0.223 e. The second kappa shape index (κ2) is 7.62. The molecule has 5 heteroatoms. The SMILES string of the molecule is O=C(CCC(=O)N1CCCC(CO)C1)NC1CCCC1. The van der Waals surface area contributed by atoms with Gasteiger partial charge >= 0.3 is 0 Å². The number of carbonyl (C=O) groups excluding carboxylic acids is 2. The molecule has 0 radical (unpaired) electrons. The summed E-state index contributed by atoms with van der Waals surface area (Å²) in [5.74, 6) is 0.255. The van der Waals surface area contributed by atoms with Gasteiger partial charge in [-0.15, -0.1) is 0 Å². The first-order valence-electron chi connectivity index (χ1n) is 7.87. The lowest BCUT2D eigenvalue weighted by Gasteiger charge is -2.31. The van der Waals surface area contributed by atoms with E-state index < -0.39 is 0 Å². The minimum atomic E-state index is 0.000896. The molecule has 0 aromatic heterocycles. The smallest absolute Gasteiger partial charge is 0.223 e. The molecule has 2 rings (SSSR count). The molecule has 20 heavy (non-hydrogen) atoms. The first kappa shape index (κ1) is 15.3. The Hall–Kier alpha value is -1.10. The lowest BCUT2D eigenvalue weighted by atomic mass is 9.98. The molecule has 114 valence electrons. The highest BCUT2D eigenvalue weighted by Crippen LogP contribution is 2.18. The molecule has 1 aliphatic heterocycles. The summed E-state index contributed by atoms with van der Waals surface area (Å²) in [5, 5.41) is 12.2. The van der Waals surface area contributed by atoms with Crippen molar-refractivity contribution in [3.63, 3.8) is 0 Å². The highest BCUT2D eigenvalue weighted by Gasteiger charge is 2.24. The number of nitrogens with zero attached hydrogens (tertiary/aromatic N) is 1. The average Bonchev–Trinajstić information content (AvgIpc) is 2.97. The Balaban J connectivity index is 1.67. The number of nitrogens with one attached hydrogen (secondary N) is 1. The molecule has 0 aromatic carbocycles. The maximum atomic E-state index is 12.1.